The summed E-state index contributed by atoms with van der Waals surface area (Å²) >= 11 is 0. The minimum atomic E-state index is -1.56. The predicted octanol–water partition coefficient (Wildman–Crippen LogP) is -0.122. The second kappa shape index (κ2) is 2.54. The molecule has 0 aromatic heterocycles. The molecule has 3 atom stereocenters. The van der Waals surface area contributed by atoms with Crippen LogP contribution in [0.3, 0.4) is 0 Å². The van der Waals surface area contributed by atoms with E-state index in [1.807, 2.05) is 0 Å². The molecule has 0 aliphatic carbocycles. The molecule has 1 rings (SSSR count). The Kier molecular flexibility index (Phi) is 1.89. The zero-order valence-electron chi connectivity index (χ0n) is 5.58. The molecule has 0 saturated carbocycles. The normalized spacial score (nSPS) is 39.9. The Labute approximate surface area is 57.8 Å². The van der Waals surface area contributed by atoms with Crippen LogP contribution >= 0.6 is 0 Å². The van der Waals surface area contributed by atoms with Crippen LogP contribution in [-0.4, -0.2) is 30.0 Å². The first-order valence-corrected chi connectivity index (χ1v) is 3.12. The first-order chi connectivity index (χ1) is 4.66. The van der Waals surface area contributed by atoms with Crippen molar-refractivity contribution < 1.29 is 19.0 Å². The molecule has 58 valence electrons. The lowest BCUT2D eigenvalue weighted by atomic mass is 10.0. The van der Waals surface area contributed by atoms with Gasteiger partial charge in [-0.2, -0.15) is 0 Å². The van der Waals surface area contributed by atoms with Gasteiger partial charge in [0.25, 0.3) is 0 Å². The number of rotatable bonds is 1. The molecule has 2 unspecified atom stereocenters. The Bertz CT molecular complexity index is 148. The van der Waals surface area contributed by atoms with Crippen molar-refractivity contribution in [3.63, 3.8) is 0 Å². The van der Waals surface area contributed by atoms with Crippen molar-refractivity contribution in [1.82, 2.24) is 0 Å². The molecule has 0 bridgehead atoms. The maximum atomic E-state index is 12.6. The van der Waals surface area contributed by atoms with Crippen molar-refractivity contribution in [3.8, 4) is 0 Å². The summed E-state index contributed by atoms with van der Waals surface area (Å²) in [5.74, 6) is -1.37. The third-order valence-corrected chi connectivity index (χ3v) is 1.72. The number of ether oxygens (including phenoxy) is 1. The molecule has 10 heavy (non-hydrogen) atoms. The summed E-state index contributed by atoms with van der Waals surface area (Å²) in [4.78, 5) is 10.4. The summed E-state index contributed by atoms with van der Waals surface area (Å²) in [5.41, 5.74) is 0. The van der Waals surface area contributed by atoms with Gasteiger partial charge in [-0.1, -0.05) is 6.92 Å². The molecule has 1 heterocycles. The standard InChI is InChI=1S/C6H9FO3/c1-3-4(2-8)10-6(9)5(3)7/h3-5,8H,2H2,1H3/t3?,4-,5?/m1/s1. The fourth-order valence-electron chi connectivity index (χ4n) is 0.928. The summed E-state index contributed by atoms with van der Waals surface area (Å²) in [7, 11) is 0. The zero-order chi connectivity index (χ0) is 7.72. The molecule has 0 spiro atoms. The molecule has 1 aliphatic rings. The minimum Gasteiger partial charge on any atom is -0.457 e. The largest absolute Gasteiger partial charge is 0.457 e. The molecule has 0 aromatic carbocycles. The molecule has 0 radical (unpaired) electrons. The van der Waals surface area contributed by atoms with Crippen molar-refractivity contribution in [1.29, 1.82) is 0 Å². The van der Waals surface area contributed by atoms with Gasteiger partial charge in [-0.15, -0.1) is 0 Å². The smallest absolute Gasteiger partial charge is 0.341 e. The number of aliphatic hydroxyl groups is 1. The van der Waals surface area contributed by atoms with E-state index in [4.69, 9.17) is 5.11 Å². The van der Waals surface area contributed by atoms with Crippen LogP contribution in [0, 0.1) is 5.92 Å². The zero-order valence-corrected chi connectivity index (χ0v) is 5.58. The van der Waals surface area contributed by atoms with E-state index in [9.17, 15) is 9.18 Å². The van der Waals surface area contributed by atoms with Crippen LogP contribution in [0.25, 0.3) is 0 Å². The van der Waals surface area contributed by atoms with Gasteiger partial charge in [0.1, 0.15) is 6.10 Å². The maximum Gasteiger partial charge on any atom is 0.341 e. The SMILES string of the molecule is CC1C(F)C(=O)O[C@@H]1CO. The van der Waals surface area contributed by atoms with E-state index in [0.29, 0.717) is 0 Å². The Morgan fingerprint density at radius 2 is 2.40 bits per heavy atom. The van der Waals surface area contributed by atoms with E-state index in [1.54, 1.807) is 0 Å². The maximum absolute atomic E-state index is 12.6. The number of hydrogen-bond acceptors (Lipinski definition) is 3. The van der Waals surface area contributed by atoms with Gasteiger partial charge in [-0.25, -0.2) is 9.18 Å². The van der Waals surface area contributed by atoms with Gasteiger partial charge in [0.05, 0.1) is 6.61 Å². The van der Waals surface area contributed by atoms with E-state index in [-0.39, 0.29) is 6.61 Å². The highest BCUT2D eigenvalue weighted by Gasteiger charge is 2.41. The van der Waals surface area contributed by atoms with Crippen LogP contribution < -0.4 is 0 Å². The highest BCUT2D eigenvalue weighted by Crippen LogP contribution is 2.23. The van der Waals surface area contributed by atoms with Gasteiger partial charge in [0.15, 0.2) is 0 Å². The predicted molar refractivity (Wildman–Crippen MR) is 31.0 cm³/mol. The lowest BCUT2D eigenvalue weighted by Crippen LogP contribution is -2.21. The van der Waals surface area contributed by atoms with Gasteiger partial charge in [0.2, 0.25) is 6.17 Å². The van der Waals surface area contributed by atoms with Crippen molar-refractivity contribution in [2.24, 2.45) is 5.92 Å². The van der Waals surface area contributed by atoms with E-state index in [2.05, 4.69) is 4.74 Å². The van der Waals surface area contributed by atoms with Crippen molar-refractivity contribution in [2.75, 3.05) is 6.61 Å². The molecule has 4 heteroatoms. The fraction of sp³-hybridized carbons (Fsp3) is 0.833. The van der Waals surface area contributed by atoms with Gasteiger partial charge in [-0.3, -0.25) is 0 Å². The molecule has 1 fully saturated rings. The number of halogens is 1. The van der Waals surface area contributed by atoms with E-state index in [1.165, 1.54) is 6.92 Å². The van der Waals surface area contributed by atoms with Gasteiger partial charge in [-0.05, 0) is 0 Å². The van der Waals surface area contributed by atoms with Crippen LogP contribution in [0.2, 0.25) is 0 Å². The number of carbonyl (C=O) groups is 1. The number of carbonyl (C=O) groups excluding carboxylic acids is 1. The van der Waals surface area contributed by atoms with Crippen LogP contribution in [0.5, 0.6) is 0 Å². The monoisotopic (exact) mass is 148 g/mol. The highest BCUT2D eigenvalue weighted by molar-refractivity contribution is 5.77. The van der Waals surface area contributed by atoms with Gasteiger partial charge in [0, 0.05) is 5.92 Å². The van der Waals surface area contributed by atoms with Gasteiger partial charge < -0.3 is 9.84 Å². The Morgan fingerprint density at radius 1 is 1.80 bits per heavy atom. The van der Waals surface area contributed by atoms with Crippen LogP contribution in [-0.2, 0) is 9.53 Å². The molecular weight excluding hydrogens is 139 g/mol. The third kappa shape index (κ3) is 0.988. The summed E-state index contributed by atoms with van der Waals surface area (Å²) in [6.45, 7) is 1.24. The Balaban J connectivity index is 2.61. The number of alkyl halides is 1. The summed E-state index contributed by atoms with van der Waals surface area (Å²) < 4.78 is 17.0. The molecule has 1 saturated heterocycles. The number of cyclic esters (lactones) is 1. The lowest BCUT2D eigenvalue weighted by molar-refractivity contribution is -0.146. The highest BCUT2D eigenvalue weighted by atomic mass is 19.1. The quantitative estimate of drug-likeness (QED) is 0.527. The first-order valence-electron chi connectivity index (χ1n) is 3.12. The van der Waals surface area contributed by atoms with Crippen molar-refractivity contribution in [2.45, 2.75) is 19.2 Å². The van der Waals surface area contributed by atoms with Crippen LogP contribution in [0.15, 0.2) is 0 Å². The molecule has 0 amide bonds. The molecular formula is C6H9FO3. The average Bonchev–Trinajstić information content (AvgIpc) is 2.17. The first kappa shape index (κ1) is 7.47. The number of aliphatic hydroxyl groups excluding tert-OH is 1. The van der Waals surface area contributed by atoms with Crippen LogP contribution in [0.1, 0.15) is 6.92 Å². The number of hydrogen-bond donors (Lipinski definition) is 1. The second-order valence-electron chi connectivity index (χ2n) is 2.42. The third-order valence-electron chi connectivity index (χ3n) is 1.72. The van der Waals surface area contributed by atoms with E-state index in [0.717, 1.165) is 0 Å². The average molecular weight is 148 g/mol. The molecule has 3 nitrogen and oxygen atoms in total. The van der Waals surface area contributed by atoms with E-state index < -0.39 is 24.2 Å². The summed E-state index contributed by atoms with van der Waals surface area (Å²) in [5, 5.41) is 8.53. The van der Waals surface area contributed by atoms with Crippen molar-refractivity contribution in [3.05, 3.63) is 0 Å². The Morgan fingerprint density at radius 3 is 2.60 bits per heavy atom. The second-order valence-corrected chi connectivity index (χ2v) is 2.42. The van der Waals surface area contributed by atoms with E-state index >= 15 is 0 Å². The lowest BCUT2D eigenvalue weighted by Gasteiger charge is -2.08. The van der Waals surface area contributed by atoms with Crippen molar-refractivity contribution >= 4 is 5.97 Å². The minimum absolute atomic E-state index is 0.298. The molecule has 1 N–H and O–H groups in total. The van der Waals surface area contributed by atoms with Gasteiger partial charge >= 0.3 is 5.97 Å². The number of esters is 1. The van der Waals surface area contributed by atoms with Crippen LogP contribution in [0.4, 0.5) is 4.39 Å². The Hall–Kier alpha value is -0.640. The topological polar surface area (TPSA) is 46.5 Å². The fourth-order valence-corrected chi connectivity index (χ4v) is 0.928. The molecule has 0 aromatic rings. The summed E-state index contributed by atoms with van der Waals surface area (Å²) in [6, 6.07) is 0. The summed E-state index contributed by atoms with van der Waals surface area (Å²) in [6.07, 6.45) is -2.21. The molecule has 1 aliphatic heterocycles.